The first-order chi connectivity index (χ1) is 14.2. The average molecular weight is 392 g/mol. The van der Waals surface area contributed by atoms with Gasteiger partial charge in [-0.25, -0.2) is 0 Å². The van der Waals surface area contributed by atoms with Gasteiger partial charge in [0, 0.05) is 37.7 Å². The Morgan fingerprint density at radius 3 is 2.14 bits per heavy atom. The molecule has 2 aliphatic rings. The van der Waals surface area contributed by atoms with Gasteiger partial charge in [-0.2, -0.15) is 0 Å². The van der Waals surface area contributed by atoms with Crippen molar-refractivity contribution >= 4 is 11.8 Å². The molecule has 0 spiro atoms. The van der Waals surface area contributed by atoms with Crippen LogP contribution in [-0.2, 0) is 11.4 Å². The zero-order valence-electron chi connectivity index (χ0n) is 16.8. The molecule has 2 aromatic rings. The number of para-hydroxylation sites is 1. The molecule has 0 unspecified atom stereocenters. The van der Waals surface area contributed by atoms with E-state index in [4.69, 9.17) is 4.74 Å². The maximum Gasteiger partial charge on any atom is 0.253 e. The first kappa shape index (κ1) is 19.5. The third-order valence-corrected chi connectivity index (χ3v) is 5.90. The standard InChI is InChI=1S/C24H28N2O3/c27-23(26-16-12-21(13-17-26)24(28)25-14-4-5-15-25)20-10-8-19(9-11-20)18-29-22-6-2-1-3-7-22/h1-3,6-11,21H,4-5,12-18H2. The number of carbonyl (C=O) groups excluding carboxylic acids is 2. The van der Waals surface area contributed by atoms with E-state index in [9.17, 15) is 9.59 Å². The Morgan fingerprint density at radius 1 is 0.828 bits per heavy atom. The molecule has 0 saturated carbocycles. The van der Waals surface area contributed by atoms with Crippen molar-refractivity contribution in [2.45, 2.75) is 32.3 Å². The van der Waals surface area contributed by atoms with Crippen LogP contribution in [0.15, 0.2) is 54.6 Å². The molecule has 0 bridgehead atoms. The van der Waals surface area contributed by atoms with E-state index in [2.05, 4.69) is 0 Å². The number of hydrogen-bond acceptors (Lipinski definition) is 3. The van der Waals surface area contributed by atoms with Crippen LogP contribution in [0.1, 0.15) is 41.6 Å². The van der Waals surface area contributed by atoms with Gasteiger partial charge >= 0.3 is 0 Å². The van der Waals surface area contributed by atoms with Crippen molar-refractivity contribution in [3.63, 3.8) is 0 Å². The Balaban J connectivity index is 1.28. The molecule has 0 radical (unpaired) electrons. The van der Waals surface area contributed by atoms with Crippen LogP contribution >= 0.6 is 0 Å². The van der Waals surface area contributed by atoms with Crippen LogP contribution in [0.25, 0.3) is 0 Å². The van der Waals surface area contributed by atoms with Gasteiger partial charge in [-0.1, -0.05) is 30.3 Å². The zero-order chi connectivity index (χ0) is 20.1. The number of likely N-dealkylation sites (tertiary alicyclic amines) is 2. The van der Waals surface area contributed by atoms with Gasteiger partial charge < -0.3 is 14.5 Å². The van der Waals surface area contributed by atoms with Gasteiger partial charge in [-0.05, 0) is 55.5 Å². The predicted molar refractivity (Wildman–Crippen MR) is 112 cm³/mol. The molecule has 152 valence electrons. The van der Waals surface area contributed by atoms with E-state index < -0.39 is 0 Å². The van der Waals surface area contributed by atoms with Gasteiger partial charge in [-0.3, -0.25) is 9.59 Å². The molecule has 2 aromatic carbocycles. The Labute approximate surface area is 172 Å². The topological polar surface area (TPSA) is 49.9 Å². The smallest absolute Gasteiger partial charge is 0.253 e. The van der Waals surface area contributed by atoms with Crippen LogP contribution in [0.5, 0.6) is 5.75 Å². The Hall–Kier alpha value is -2.82. The molecule has 0 atom stereocenters. The Bertz CT molecular complexity index is 821. The molecule has 2 saturated heterocycles. The number of piperidine rings is 1. The fourth-order valence-corrected chi connectivity index (χ4v) is 4.13. The van der Waals surface area contributed by atoms with E-state index >= 15 is 0 Å². The number of carbonyl (C=O) groups is 2. The van der Waals surface area contributed by atoms with Crippen LogP contribution in [-0.4, -0.2) is 47.8 Å². The van der Waals surface area contributed by atoms with Crippen molar-refractivity contribution in [1.29, 1.82) is 0 Å². The molecule has 0 aromatic heterocycles. The summed E-state index contributed by atoms with van der Waals surface area (Å²) >= 11 is 0. The second-order valence-electron chi connectivity index (χ2n) is 7.90. The lowest BCUT2D eigenvalue weighted by Crippen LogP contribution is -2.43. The molecule has 4 rings (SSSR count). The normalized spacial score (nSPS) is 17.4. The van der Waals surface area contributed by atoms with Gasteiger partial charge in [-0.15, -0.1) is 0 Å². The highest BCUT2D eigenvalue weighted by molar-refractivity contribution is 5.94. The lowest BCUT2D eigenvalue weighted by Gasteiger charge is -2.33. The number of nitrogens with zero attached hydrogens (tertiary/aromatic N) is 2. The molecular formula is C24H28N2O3. The summed E-state index contributed by atoms with van der Waals surface area (Å²) in [5.74, 6) is 1.25. The first-order valence-corrected chi connectivity index (χ1v) is 10.6. The lowest BCUT2D eigenvalue weighted by molar-refractivity contribution is -0.135. The van der Waals surface area contributed by atoms with E-state index in [0.29, 0.717) is 25.3 Å². The summed E-state index contributed by atoms with van der Waals surface area (Å²) in [6.07, 6.45) is 3.78. The quantitative estimate of drug-likeness (QED) is 0.779. The number of amides is 2. The first-order valence-electron chi connectivity index (χ1n) is 10.6. The van der Waals surface area contributed by atoms with Gasteiger partial charge in [0.2, 0.25) is 5.91 Å². The third kappa shape index (κ3) is 4.78. The molecule has 0 N–H and O–H groups in total. The monoisotopic (exact) mass is 392 g/mol. The van der Waals surface area contributed by atoms with E-state index in [1.807, 2.05) is 64.4 Å². The lowest BCUT2D eigenvalue weighted by atomic mass is 9.95. The van der Waals surface area contributed by atoms with Gasteiger partial charge in [0.1, 0.15) is 12.4 Å². The van der Waals surface area contributed by atoms with Gasteiger partial charge in [0.05, 0.1) is 0 Å². The van der Waals surface area contributed by atoms with Crippen LogP contribution in [0.2, 0.25) is 0 Å². The number of rotatable bonds is 5. The highest BCUT2D eigenvalue weighted by atomic mass is 16.5. The second kappa shape index (κ2) is 9.12. The molecule has 5 heteroatoms. The van der Waals surface area contributed by atoms with Crippen LogP contribution < -0.4 is 4.74 Å². The van der Waals surface area contributed by atoms with Crippen LogP contribution in [0.3, 0.4) is 0 Å². The Morgan fingerprint density at radius 2 is 1.48 bits per heavy atom. The molecule has 29 heavy (non-hydrogen) atoms. The molecule has 2 fully saturated rings. The third-order valence-electron chi connectivity index (χ3n) is 5.90. The number of benzene rings is 2. The van der Waals surface area contributed by atoms with Crippen molar-refractivity contribution in [2.75, 3.05) is 26.2 Å². The van der Waals surface area contributed by atoms with Crippen molar-refractivity contribution in [3.05, 3.63) is 65.7 Å². The predicted octanol–water partition coefficient (Wildman–Crippen LogP) is 3.74. The number of ether oxygens (including phenoxy) is 1. The summed E-state index contributed by atoms with van der Waals surface area (Å²) in [5.41, 5.74) is 1.72. The summed E-state index contributed by atoms with van der Waals surface area (Å²) in [7, 11) is 0. The summed E-state index contributed by atoms with van der Waals surface area (Å²) in [5, 5.41) is 0. The van der Waals surface area contributed by atoms with Crippen molar-refractivity contribution in [2.24, 2.45) is 5.92 Å². The Kier molecular flexibility index (Phi) is 6.13. The van der Waals surface area contributed by atoms with Gasteiger partial charge in [0.25, 0.3) is 5.91 Å². The van der Waals surface area contributed by atoms with Crippen LogP contribution in [0.4, 0.5) is 0 Å². The highest BCUT2D eigenvalue weighted by Crippen LogP contribution is 2.23. The van der Waals surface area contributed by atoms with Crippen molar-refractivity contribution < 1.29 is 14.3 Å². The van der Waals surface area contributed by atoms with Crippen molar-refractivity contribution in [3.8, 4) is 5.75 Å². The van der Waals surface area contributed by atoms with E-state index in [-0.39, 0.29) is 17.7 Å². The molecule has 0 aliphatic carbocycles. The summed E-state index contributed by atoms with van der Waals surface area (Å²) in [6.45, 7) is 3.59. The summed E-state index contributed by atoms with van der Waals surface area (Å²) in [6, 6.07) is 17.3. The molecule has 2 aliphatic heterocycles. The molecule has 5 nitrogen and oxygen atoms in total. The average Bonchev–Trinajstić information content (AvgIpc) is 3.33. The fourth-order valence-electron chi connectivity index (χ4n) is 4.13. The van der Waals surface area contributed by atoms with E-state index in [1.54, 1.807) is 0 Å². The minimum Gasteiger partial charge on any atom is -0.489 e. The SMILES string of the molecule is O=C(c1ccc(COc2ccccc2)cc1)N1CCC(C(=O)N2CCCC2)CC1. The van der Waals surface area contributed by atoms with Crippen LogP contribution in [0, 0.1) is 5.92 Å². The van der Waals surface area contributed by atoms with Crippen molar-refractivity contribution in [1.82, 2.24) is 9.80 Å². The largest absolute Gasteiger partial charge is 0.489 e. The maximum atomic E-state index is 12.8. The zero-order valence-corrected chi connectivity index (χ0v) is 16.8. The molecule has 2 amide bonds. The maximum absolute atomic E-state index is 12.8. The second-order valence-corrected chi connectivity index (χ2v) is 7.90. The fraction of sp³-hybridized carbons (Fsp3) is 0.417. The minimum atomic E-state index is 0.0487. The van der Waals surface area contributed by atoms with E-state index in [1.165, 1.54) is 0 Å². The highest BCUT2D eigenvalue weighted by Gasteiger charge is 2.31. The summed E-state index contributed by atoms with van der Waals surface area (Å²) in [4.78, 5) is 29.3. The minimum absolute atomic E-state index is 0.0487. The summed E-state index contributed by atoms with van der Waals surface area (Å²) < 4.78 is 5.75. The number of hydrogen-bond donors (Lipinski definition) is 0. The molecule has 2 heterocycles. The van der Waals surface area contributed by atoms with Gasteiger partial charge in [0.15, 0.2) is 0 Å². The van der Waals surface area contributed by atoms with E-state index in [0.717, 1.165) is 50.1 Å². The molecular weight excluding hydrogens is 364 g/mol.